The first kappa shape index (κ1) is 25.0. The van der Waals surface area contributed by atoms with Crippen LogP contribution >= 0.6 is 0 Å². The molecule has 7 nitrogen and oxygen atoms in total. The Morgan fingerprint density at radius 1 is 0.765 bits per heavy atom. The molecule has 3 aromatic carbocycles. The van der Waals surface area contributed by atoms with Crippen LogP contribution in [0.3, 0.4) is 0 Å². The molecular weight excluding hydrogens is 432 g/mol. The zero-order chi connectivity index (χ0) is 24.3. The van der Waals surface area contributed by atoms with Gasteiger partial charge in [0, 0.05) is 38.3 Å². The van der Waals surface area contributed by atoms with Crippen LogP contribution in [0.1, 0.15) is 22.7 Å². The van der Waals surface area contributed by atoms with E-state index < -0.39 is 11.9 Å². The minimum atomic E-state index is -1.82. The number of hydrogen-bond acceptors (Lipinski definition) is 5. The zero-order valence-corrected chi connectivity index (χ0v) is 19.2. The van der Waals surface area contributed by atoms with Gasteiger partial charge in [-0.2, -0.15) is 0 Å². The highest BCUT2D eigenvalue weighted by Gasteiger charge is 2.26. The first-order valence-corrected chi connectivity index (χ1v) is 11.1. The third-order valence-corrected chi connectivity index (χ3v) is 5.77. The molecule has 0 aromatic heterocycles. The number of ether oxygens (including phenoxy) is 1. The molecule has 1 saturated heterocycles. The van der Waals surface area contributed by atoms with Gasteiger partial charge in [0.15, 0.2) is 0 Å². The average Bonchev–Trinajstić information content (AvgIpc) is 2.87. The van der Waals surface area contributed by atoms with Crippen LogP contribution < -0.4 is 4.74 Å². The van der Waals surface area contributed by atoms with Crippen molar-refractivity contribution < 1.29 is 24.5 Å². The topological polar surface area (TPSA) is 90.3 Å². The van der Waals surface area contributed by atoms with E-state index in [0.29, 0.717) is 6.04 Å². The van der Waals surface area contributed by atoms with E-state index in [0.717, 1.165) is 38.5 Å². The monoisotopic (exact) mass is 462 g/mol. The molecule has 1 heterocycles. The van der Waals surface area contributed by atoms with E-state index in [1.807, 2.05) is 12.1 Å². The van der Waals surface area contributed by atoms with Gasteiger partial charge in [0.25, 0.3) is 0 Å². The van der Waals surface area contributed by atoms with Crippen molar-refractivity contribution in [3.05, 3.63) is 102 Å². The van der Waals surface area contributed by atoms with Crippen molar-refractivity contribution >= 4 is 11.9 Å². The van der Waals surface area contributed by atoms with Crippen LogP contribution in [0.2, 0.25) is 0 Å². The Bertz CT molecular complexity index is 999. The fourth-order valence-electron chi connectivity index (χ4n) is 4.14. The fourth-order valence-corrected chi connectivity index (χ4v) is 4.14. The van der Waals surface area contributed by atoms with Gasteiger partial charge >= 0.3 is 11.9 Å². The summed E-state index contributed by atoms with van der Waals surface area (Å²) < 4.78 is 5.52. The highest BCUT2D eigenvalue weighted by Crippen LogP contribution is 2.30. The summed E-state index contributed by atoms with van der Waals surface area (Å²) in [5, 5.41) is 14.8. The Labute approximate surface area is 199 Å². The van der Waals surface area contributed by atoms with Crippen molar-refractivity contribution in [1.29, 1.82) is 0 Å². The van der Waals surface area contributed by atoms with E-state index in [2.05, 4.69) is 82.6 Å². The molecule has 1 aliphatic heterocycles. The average molecular weight is 463 g/mol. The number of carboxylic acid groups (broad SMARTS) is 2. The first-order chi connectivity index (χ1) is 16.5. The summed E-state index contributed by atoms with van der Waals surface area (Å²) in [4.78, 5) is 23.3. The number of methoxy groups -OCH3 is 1. The minimum absolute atomic E-state index is 0.316. The summed E-state index contributed by atoms with van der Waals surface area (Å²) in [5.41, 5.74) is 4.00. The summed E-state index contributed by atoms with van der Waals surface area (Å²) in [6.45, 7) is 5.19. The molecule has 0 spiro atoms. The standard InChI is InChI=1S/C25H28N2O.C2H2O4/c1-28-24-15-9-8-14-23(24)20-26-16-18-27(19-17-26)25(21-10-4-2-5-11-21)22-12-6-3-7-13-22;3-1(4)2(5)6/h2-15,25H,16-20H2,1H3;(H,3,4)(H,5,6). The third kappa shape index (κ3) is 6.91. The Hall–Kier alpha value is -3.68. The number of aliphatic carboxylic acids is 2. The highest BCUT2D eigenvalue weighted by atomic mass is 16.5. The summed E-state index contributed by atoms with van der Waals surface area (Å²) >= 11 is 0. The van der Waals surface area contributed by atoms with Gasteiger partial charge in [0.05, 0.1) is 13.2 Å². The Morgan fingerprint density at radius 3 is 1.71 bits per heavy atom. The molecule has 0 radical (unpaired) electrons. The quantitative estimate of drug-likeness (QED) is 0.539. The second kappa shape index (κ2) is 12.5. The molecule has 0 atom stereocenters. The van der Waals surface area contributed by atoms with Crippen LogP contribution in [0.4, 0.5) is 0 Å². The van der Waals surface area contributed by atoms with Gasteiger partial charge in [-0.1, -0.05) is 78.9 Å². The van der Waals surface area contributed by atoms with Crippen LogP contribution in [0.5, 0.6) is 5.75 Å². The molecule has 0 aliphatic carbocycles. The second-order valence-electron chi connectivity index (χ2n) is 7.96. The molecule has 0 saturated carbocycles. The maximum Gasteiger partial charge on any atom is 0.414 e. The van der Waals surface area contributed by atoms with Crippen LogP contribution in [0.15, 0.2) is 84.9 Å². The van der Waals surface area contributed by atoms with Gasteiger partial charge < -0.3 is 14.9 Å². The Balaban J connectivity index is 0.000000481. The van der Waals surface area contributed by atoms with E-state index in [-0.39, 0.29) is 0 Å². The Morgan fingerprint density at radius 2 is 1.24 bits per heavy atom. The molecular formula is C27H30N2O5. The van der Waals surface area contributed by atoms with Crippen molar-refractivity contribution in [2.75, 3.05) is 33.3 Å². The number of rotatable bonds is 6. The molecule has 0 bridgehead atoms. The van der Waals surface area contributed by atoms with E-state index in [1.54, 1.807) is 7.11 Å². The number of benzene rings is 3. The van der Waals surface area contributed by atoms with Crippen molar-refractivity contribution in [2.45, 2.75) is 12.6 Å². The predicted molar refractivity (Wildman–Crippen MR) is 130 cm³/mol. The molecule has 1 aliphatic rings. The largest absolute Gasteiger partial charge is 0.496 e. The van der Waals surface area contributed by atoms with Gasteiger partial charge in [-0.15, -0.1) is 0 Å². The van der Waals surface area contributed by atoms with Crippen LogP contribution in [0.25, 0.3) is 0 Å². The number of carboxylic acids is 2. The number of carbonyl (C=O) groups is 2. The van der Waals surface area contributed by atoms with E-state index >= 15 is 0 Å². The number of piperazine rings is 1. The van der Waals surface area contributed by atoms with Gasteiger partial charge in [0.1, 0.15) is 5.75 Å². The summed E-state index contributed by atoms with van der Waals surface area (Å²) in [6, 6.07) is 30.4. The van der Waals surface area contributed by atoms with Gasteiger partial charge in [0.2, 0.25) is 0 Å². The van der Waals surface area contributed by atoms with E-state index in [4.69, 9.17) is 24.5 Å². The van der Waals surface area contributed by atoms with Gasteiger partial charge in [-0.3, -0.25) is 9.80 Å². The smallest absolute Gasteiger partial charge is 0.414 e. The molecule has 34 heavy (non-hydrogen) atoms. The maximum atomic E-state index is 9.10. The number of para-hydroxylation sites is 1. The normalized spacial score (nSPS) is 14.2. The van der Waals surface area contributed by atoms with Gasteiger partial charge in [-0.25, -0.2) is 9.59 Å². The summed E-state index contributed by atoms with van der Waals surface area (Å²) in [6.07, 6.45) is 0. The second-order valence-corrected chi connectivity index (χ2v) is 7.96. The molecule has 4 rings (SSSR count). The van der Waals surface area contributed by atoms with Crippen molar-refractivity contribution in [2.24, 2.45) is 0 Å². The number of nitrogens with zero attached hydrogens (tertiary/aromatic N) is 2. The molecule has 7 heteroatoms. The molecule has 0 unspecified atom stereocenters. The molecule has 1 fully saturated rings. The van der Waals surface area contributed by atoms with E-state index in [9.17, 15) is 0 Å². The zero-order valence-electron chi connectivity index (χ0n) is 19.2. The lowest BCUT2D eigenvalue weighted by Crippen LogP contribution is -2.47. The molecule has 0 amide bonds. The van der Waals surface area contributed by atoms with Crippen molar-refractivity contribution in [3.63, 3.8) is 0 Å². The molecule has 2 N–H and O–H groups in total. The summed E-state index contributed by atoms with van der Waals surface area (Å²) in [7, 11) is 1.75. The van der Waals surface area contributed by atoms with Crippen LogP contribution in [-0.4, -0.2) is 65.2 Å². The highest BCUT2D eigenvalue weighted by molar-refractivity contribution is 6.27. The lowest BCUT2D eigenvalue weighted by atomic mass is 9.96. The minimum Gasteiger partial charge on any atom is -0.496 e. The van der Waals surface area contributed by atoms with Gasteiger partial charge in [-0.05, 0) is 17.2 Å². The lowest BCUT2D eigenvalue weighted by Gasteiger charge is -2.40. The predicted octanol–water partition coefficient (Wildman–Crippen LogP) is 3.76. The van der Waals surface area contributed by atoms with Crippen molar-refractivity contribution in [3.8, 4) is 5.75 Å². The first-order valence-electron chi connectivity index (χ1n) is 11.1. The molecule has 3 aromatic rings. The Kier molecular flexibility index (Phi) is 9.20. The van der Waals surface area contributed by atoms with Crippen LogP contribution in [0, 0.1) is 0 Å². The third-order valence-electron chi connectivity index (χ3n) is 5.77. The van der Waals surface area contributed by atoms with Crippen LogP contribution in [-0.2, 0) is 16.1 Å². The lowest BCUT2D eigenvalue weighted by molar-refractivity contribution is -0.159. The van der Waals surface area contributed by atoms with E-state index in [1.165, 1.54) is 16.7 Å². The SMILES string of the molecule is COc1ccccc1CN1CCN(C(c2ccccc2)c2ccccc2)CC1.O=C(O)C(=O)O. The maximum absolute atomic E-state index is 9.10. The van der Waals surface area contributed by atoms with Crippen molar-refractivity contribution in [1.82, 2.24) is 9.80 Å². The molecule has 178 valence electrons. The number of hydrogen-bond donors (Lipinski definition) is 2. The fraction of sp³-hybridized carbons (Fsp3) is 0.259. The summed E-state index contributed by atoms with van der Waals surface area (Å²) in [5.74, 6) is -2.67.